The summed E-state index contributed by atoms with van der Waals surface area (Å²) in [6, 6.07) is 16.0. The van der Waals surface area contributed by atoms with Crippen LogP contribution < -0.4 is 15.0 Å². The molecule has 1 N–H and O–H groups in total. The molecule has 0 unspecified atom stereocenters. The number of nitriles is 1. The van der Waals surface area contributed by atoms with Gasteiger partial charge in [-0.15, -0.1) is 0 Å². The Labute approximate surface area is 169 Å². The number of ether oxygens (including phenoxy) is 2. The predicted octanol–water partition coefficient (Wildman–Crippen LogP) is 3.45. The van der Waals surface area contributed by atoms with Crippen molar-refractivity contribution in [2.75, 3.05) is 19.1 Å². The van der Waals surface area contributed by atoms with Gasteiger partial charge in [0.2, 0.25) is 0 Å². The van der Waals surface area contributed by atoms with Gasteiger partial charge in [0.15, 0.2) is 5.11 Å². The van der Waals surface area contributed by atoms with Gasteiger partial charge in [0.25, 0.3) is 0 Å². The number of allylic oxidation sites excluding steroid dienone is 1. The fourth-order valence-electron chi connectivity index (χ4n) is 3.16. The first-order valence-corrected chi connectivity index (χ1v) is 8.94. The molecule has 0 amide bonds. The van der Waals surface area contributed by atoms with Crippen LogP contribution in [0.2, 0.25) is 0 Å². The fourth-order valence-corrected chi connectivity index (χ4v) is 3.52. The predicted molar refractivity (Wildman–Crippen MR) is 110 cm³/mol. The van der Waals surface area contributed by atoms with E-state index >= 15 is 0 Å². The van der Waals surface area contributed by atoms with E-state index in [1.165, 1.54) is 7.11 Å². The second kappa shape index (κ2) is 8.11. The number of nitrogens with one attached hydrogen (secondary N) is 1. The third-order valence-corrected chi connectivity index (χ3v) is 4.89. The second-order valence-corrected chi connectivity index (χ2v) is 6.53. The number of hydrogen-bond acceptors (Lipinski definition) is 5. The average Bonchev–Trinajstić information content (AvgIpc) is 2.73. The van der Waals surface area contributed by atoms with E-state index in [-0.39, 0.29) is 0 Å². The molecule has 28 heavy (non-hydrogen) atoms. The Balaban J connectivity index is 2.08. The first-order chi connectivity index (χ1) is 13.5. The van der Waals surface area contributed by atoms with Crippen LogP contribution in [0.4, 0.5) is 5.69 Å². The summed E-state index contributed by atoms with van der Waals surface area (Å²) in [5.74, 6) is 0.283. The van der Waals surface area contributed by atoms with E-state index in [1.54, 1.807) is 36.3 Å². The van der Waals surface area contributed by atoms with E-state index in [2.05, 4.69) is 11.4 Å². The normalized spacial score (nSPS) is 16.3. The third kappa shape index (κ3) is 3.55. The summed E-state index contributed by atoms with van der Waals surface area (Å²) < 4.78 is 10.2. The van der Waals surface area contributed by atoms with Gasteiger partial charge in [-0.05, 0) is 61.1 Å². The lowest BCUT2D eigenvalue weighted by Crippen LogP contribution is -2.48. The number of benzene rings is 2. The van der Waals surface area contributed by atoms with Gasteiger partial charge in [-0.25, -0.2) is 4.79 Å². The van der Waals surface area contributed by atoms with Crippen molar-refractivity contribution in [3.63, 3.8) is 0 Å². The SMILES string of the molecule is COC(=O)C1=C(C)N(c2ccc(OC)cc2)C(=S)N[C@H]1c1ccc(C#N)cc1. The lowest BCUT2D eigenvalue weighted by Gasteiger charge is -2.37. The van der Waals surface area contributed by atoms with Crippen molar-refractivity contribution in [3.05, 3.63) is 70.9 Å². The number of anilines is 1. The summed E-state index contributed by atoms with van der Waals surface area (Å²) in [4.78, 5) is 14.4. The zero-order valence-electron chi connectivity index (χ0n) is 15.7. The summed E-state index contributed by atoms with van der Waals surface area (Å²) in [5, 5.41) is 12.7. The molecule has 0 aliphatic carbocycles. The summed E-state index contributed by atoms with van der Waals surface area (Å²) in [6.45, 7) is 1.83. The van der Waals surface area contributed by atoms with Gasteiger partial charge in [-0.1, -0.05) is 12.1 Å². The zero-order chi connectivity index (χ0) is 20.3. The Hall–Kier alpha value is -3.37. The molecule has 1 atom stereocenters. The Morgan fingerprint density at radius 2 is 1.79 bits per heavy atom. The maximum atomic E-state index is 12.6. The molecule has 0 aromatic heterocycles. The Kier molecular flexibility index (Phi) is 5.62. The van der Waals surface area contributed by atoms with E-state index < -0.39 is 12.0 Å². The molecule has 0 saturated carbocycles. The third-order valence-electron chi connectivity index (χ3n) is 4.59. The van der Waals surface area contributed by atoms with Crippen molar-refractivity contribution in [2.24, 2.45) is 0 Å². The quantitative estimate of drug-likeness (QED) is 0.630. The van der Waals surface area contributed by atoms with E-state index in [0.29, 0.717) is 21.9 Å². The molecule has 2 aromatic rings. The van der Waals surface area contributed by atoms with Crippen LogP contribution in [0.15, 0.2) is 59.8 Å². The van der Waals surface area contributed by atoms with E-state index in [9.17, 15) is 4.79 Å². The number of hydrogen-bond donors (Lipinski definition) is 1. The molecule has 0 saturated heterocycles. The smallest absolute Gasteiger partial charge is 0.337 e. The van der Waals surface area contributed by atoms with E-state index in [4.69, 9.17) is 27.0 Å². The van der Waals surface area contributed by atoms with Gasteiger partial charge in [0, 0.05) is 11.4 Å². The van der Waals surface area contributed by atoms with Crippen molar-refractivity contribution in [1.29, 1.82) is 5.26 Å². The summed E-state index contributed by atoms with van der Waals surface area (Å²) in [7, 11) is 2.95. The van der Waals surface area contributed by atoms with Crippen LogP contribution in [0.5, 0.6) is 5.75 Å². The Bertz CT molecular complexity index is 975. The molecule has 6 nitrogen and oxygen atoms in total. The number of carbonyl (C=O) groups excluding carboxylic acids is 1. The maximum absolute atomic E-state index is 12.6. The van der Waals surface area contributed by atoms with Gasteiger partial charge in [0.05, 0.1) is 37.5 Å². The molecule has 0 spiro atoms. The summed E-state index contributed by atoms with van der Waals surface area (Å²) in [5.41, 5.74) is 3.29. The van der Waals surface area contributed by atoms with Crippen LogP contribution in [0.25, 0.3) is 0 Å². The van der Waals surface area contributed by atoms with Crippen molar-refractivity contribution >= 4 is 29.0 Å². The molecular formula is C21H19N3O3S. The molecule has 1 aliphatic rings. The largest absolute Gasteiger partial charge is 0.497 e. The highest BCUT2D eigenvalue weighted by molar-refractivity contribution is 7.80. The van der Waals surface area contributed by atoms with E-state index in [1.807, 2.05) is 31.2 Å². The number of carbonyl (C=O) groups is 1. The van der Waals surface area contributed by atoms with Crippen LogP contribution in [0.3, 0.4) is 0 Å². The molecule has 2 aromatic carbocycles. The van der Waals surface area contributed by atoms with E-state index in [0.717, 1.165) is 17.0 Å². The lowest BCUT2D eigenvalue weighted by atomic mass is 9.94. The van der Waals surface area contributed by atoms with Gasteiger partial charge >= 0.3 is 5.97 Å². The van der Waals surface area contributed by atoms with Gasteiger partial charge in [-0.3, -0.25) is 4.90 Å². The highest BCUT2D eigenvalue weighted by Crippen LogP contribution is 2.34. The van der Waals surface area contributed by atoms with Gasteiger partial charge in [-0.2, -0.15) is 5.26 Å². The van der Waals surface area contributed by atoms with Crippen molar-refractivity contribution < 1.29 is 14.3 Å². The standard InChI is InChI=1S/C21H19N3O3S/c1-13-18(20(25)27-3)19(15-6-4-14(12-22)5-7-15)23-21(28)24(13)16-8-10-17(26-2)11-9-16/h4-11,19H,1-3H3,(H,23,28)/t19-/m0/s1. The number of thiocarbonyl (C=S) groups is 1. The molecule has 0 fully saturated rings. The molecular weight excluding hydrogens is 374 g/mol. The minimum Gasteiger partial charge on any atom is -0.497 e. The van der Waals surface area contributed by atoms with Crippen molar-refractivity contribution in [2.45, 2.75) is 13.0 Å². The fraction of sp³-hybridized carbons (Fsp3) is 0.190. The minimum atomic E-state index is -0.470. The first-order valence-electron chi connectivity index (χ1n) is 8.54. The number of esters is 1. The first kappa shape index (κ1) is 19.4. The maximum Gasteiger partial charge on any atom is 0.337 e. The lowest BCUT2D eigenvalue weighted by molar-refractivity contribution is -0.136. The van der Waals surface area contributed by atoms with Gasteiger partial charge in [0.1, 0.15) is 5.75 Å². The molecule has 0 bridgehead atoms. The summed E-state index contributed by atoms with van der Waals surface area (Å²) in [6.07, 6.45) is 0. The number of nitrogens with zero attached hydrogens (tertiary/aromatic N) is 2. The molecule has 0 radical (unpaired) electrons. The van der Waals surface area contributed by atoms with Crippen LogP contribution in [0, 0.1) is 11.3 Å². The molecule has 1 aliphatic heterocycles. The molecule has 3 rings (SSSR count). The monoisotopic (exact) mass is 393 g/mol. The zero-order valence-corrected chi connectivity index (χ0v) is 16.5. The Morgan fingerprint density at radius 1 is 1.14 bits per heavy atom. The van der Waals surface area contributed by atoms with Crippen LogP contribution in [-0.4, -0.2) is 25.3 Å². The molecule has 1 heterocycles. The topological polar surface area (TPSA) is 74.6 Å². The average molecular weight is 393 g/mol. The highest BCUT2D eigenvalue weighted by Gasteiger charge is 2.35. The Morgan fingerprint density at radius 3 is 2.32 bits per heavy atom. The van der Waals surface area contributed by atoms with Crippen LogP contribution >= 0.6 is 12.2 Å². The second-order valence-electron chi connectivity index (χ2n) is 6.14. The minimum absolute atomic E-state index is 0.444. The van der Waals surface area contributed by atoms with Crippen LogP contribution in [-0.2, 0) is 9.53 Å². The van der Waals surface area contributed by atoms with Crippen molar-refractivity contribution in [1.82, 2.24) is 5.32 Å². The van der Waals surface area contributed by atoms with Crippen LogP contribution in [0.1, 0.15) is 24.1 Å². The van der Waals surface area contributed by atoms with Crippen molar-refractivity contribution in [3.8, 4) is 11.8 Å². The molecule has 142 valence electrons. The highest BCUT2D eigenvalue weighted by atomic mass is 32.1. The summed E-state index contributed by atoms with van der Waals surface area (Å²) >= 11 is 5.59. The molecule has 7 heteroatoms. The van der Waals surface area contributed by atoms with Gasteiger partial charge < -0.3 is 14.8 Å². The number of methoxy groups -OCH3 is 2. The number of rotatable bonds is 4.